The summed E-state index contributed by atoms with van der Waals surface area (Å²) in [5.74, 6) is 0.0434. The largest absolute Gasteiger partial charge is 2.00 e. The van der Waals surface area contributed by atoms with Crippen LogP contribution in [-0.4, -0.2) is 76.9 Å². The topological polar surface area (TPSA) is 133 Å². The van der Waals surface area contributed by atoms with Gasteiger partial charge in [-0.25, -0.2) is 16.8 Å². The van der Waals surface area contributed by atoms with Crippen molar-refractivity contribution < 1.29 is 34.3 Å². The van der Waals surface area contributed by atoms with Crippen molar-refractivity contribution in [2.75, 3.05) is 13.2 Å². The van der Waals surface area contributed by atoms with E-state index in [-0.39, 0.29) is 62.8 Å². The molecule has 0 amide bonds. The third-order valence-electron chi connectivity index (χ3n) is 10.5. The van der Waals surface area contributed by atoms with Gasteiger partial charge in [-0.1, -0.05) is 232 Å². The molecule has 0 heterocycles. The Morgan fingerprint density at radius 3 is 0.860 bits per heavy atom. The molecule has 336 valence electrons. The minimum absolute atomic E-state index is 0. The zero-order chi connectivity index (χ0) is 41.9. The molecular formula is C46H90CaO8S2. The molecule has 0 aliphatic heterocycles. The molecule has 57 heavy (non-hydrogen) atoms. The summed E-state index contributed by atoms with van der Waals surface area (Å²) >= 11 is 0. The molecule has 0 aromatic rings. The van der Waals surface area contributed by atoms with Crippen molar-refractivity contribution in [3.8, 4) is 0 Å². The van der Waals surface area contributed by atoms with Gasteiger partial charge in [0.25, 0.3) is 0 Å². The monoisotopic (exact) mass is 875 g/mol. The quantitative estimate of drug-likeness (QED) is 0.0195. The molecule has 0 rings (SSSR count). The van der Waals surface area contributed by atoms with E-state index < -0.39 is 20.8 Å². The van der Waals surface area contributed by atoms with Gasteiger partial charge in [-0.2, -0.15) is 0 Å². The summed E-state index contributed by atoms with van der Waals surface area (Å²) in [4.78, 5) is 0. The van der Waals surface area contributed by atoms with E-state index in [1.54, 1.807) is 0 Å². The minimum Gasteiger partial charge on any atom is -0.726 e. The van der Waals surface area contributed by atoms with Crippen molar-refractivity contribution in [2.45, 2.75) is 246 Å². The zero-order valence-electron chi connectivity index (χ0n) is 37.7. The molecule has 0 aliphatic rings. The maximum absolute atomic E-state index is 10.8. The van der Waals surface area contributed by atoms with Gasteiger partial charge in [0.05, 0.1) is 13.2 Å². The Bertz CT molecular complexity index is 982. The van der Waals surface area contributed by atoms with Crippen LogP contribution in [0.1, 0.15) is 246 Å². The van der Waals surface area contributed by atoms with Gasteiger partial charge < -0.3 is 9.11 Å². The van der Waals surface area contributed by atoms with Gasteiger partial charge >= 0.3 is 37.7 Å². The van der Waals surface area contributed by atoms with Crippen LogP contribution >= 0.6 is 0 Å². The van der Waals surface area contributed by atoms with Crippen molar-refractivity contribution >= 4 is 58.5 Å². The Hall–Kier alpha value is 0.480. The molecule has 0 bridgehead atoms. The van der Waals surface area contributed by atoms with Crippen molar-refractivity contribution in [1.82, 2.24) is 0 Å². The van der Waals surface area contributed by atoms with E-state index in [0.29, 0.717) is 0 Å². The van der Waals surface area contributed by atoms with Crippen LogP contribution in [0.5, 0.6) is 0 Å². The first kappa shape index (κ1) is 61.8. The molecular weight excluding hydrogens is 785 g/mol. The summed E-state index contributed by atoms with van der Waals surface area (Å²) in [6, 6.07) is 0. The predicted octanol–water partition coefficient (Wildman–Crippen LogP) is 14.2. The summed E-state index contributed by atoms with van der Waals surface area (Å²) < 4.78 is 73.5. The van der Waals surface area contributed by atoms with Crippen LogP contribution in [0.2, 0.25) is 0 Å². The molecule has 8 nitrogen and oxygen atoms in total. The van der Waals surface area contributed by atoms with Gasteiger partial charge in [0.2, 0.25) is 20.8 Å². The number of hydrogen-bond acceptors (Lipinski definition) is 8. The fourth-order valence-electron chi connectivity index (χ4n) is 6.91. The van der Waals surface area contributed by atoms with Crippen LogP contribution in [0.4, 0.5) is 0 Å². The first-order valence-electron chi connectivity index (χ1n) is 23.5. The maximum Gasteiger partial charge on any atom is 2.00 e. The second-order valence-corrected chi connectivity index (χ2v) is 18.2. The average Bonchev–Trinajstić information content (AvgIpc) is 3.15. The number of rotatable bonds is 42. The zero-order valence-corrected chi connectivity index (χ0v) is 41.6. The molecule has 0 fully saturated rings. The molecule has 2 atom stereocenters. The van der Waals surface area contributed by atoms with E-state index in [1.165, 1.54) is 180 Å². The van der Waals surface area contributed by atoms with Crippen LogP contribution in [0.15, 0.2) is 24.3 Å². The fourth-order valence-corrected chi connectivity index (χ4v) is 7.59. The van der Waals surface area contributed by atoms with Gasteiger partial charge in [0, 0.05) is 11.8 Å². The fraction of sp³-hybridized carbons (Fsp3) is 0.913. The van der Waals surface area contributed by atoms with Gasteiger partial charge in [0.15, 0.2) is 0 Å². The van der Waals surface area contributed by atoms with Crippen molar-refractivity contribution in [3.05, 3.63) is 24.3 Å². The molecule has 0 aromatic heterocycles. The molecule has 0 radical (unpaired) electrons. The van der Waals surface area contributed by atoms with Gasteiger partial charge in [-0.05, 0) is 38.5 Å². The molecule has 0 saturated heterocycles. The van der Waals surface area contributed by atoms with Gasteiger partial charge in [-0.3, -0.25) is 8.37 Å². The van der Waals surface area contributed by atoms with Crippen molar-refractivity contribution in [2.24, 2.45) is 11.8 Å². The third-order valence-corrected chi connectivity index (χ3v) is 11.3. The molecule has 0 spiro atoms. The van der Waals surface area contributed by atoms with E-state index in [9.17, 15) is 25.9 Å². The molecule has 0 aromatic carbocycles. The molecule has 11 heteroatoms. The Morgan fingerprint density at radius 2 is 0.614 bits per heavy atom. The summed E-state index contributed by atoms with van der Waals surface area (Å²) in [5, 5.41) is 0. The second kappa shape index (κ2) is 47.5. The minimum atomic E-state index is -4.60. The van der Waals surface area contributed by atoms with Crippen LogP contribution in [0, 0.1) is 11.8 Å². The van der Waals surface area contributed by atoms with E-state index in [4.69, 9.17) is 0 Å². The first-order valence-corrected chi connectivity index (χ1v) is 26.2. The standard InChI is InChI=1S/2C23H46O4S.Ca/c2*1-3-5-7-9-11-12-13-15-17-19-21-23(22-27-28(24,25)26)20-18-16-14-10-8-6-4-2;/h2*18,20,23H,3-17,19,21-22H2,1-2H3,(H,24,25,26);/q;;+2/p-2/b2*20-18+;. The van der Waals surface area contributed by atoms with Crippen molar-refractivity contribution in [3.63, 3.8) is 0 Å². The number of hydrogen-bond donors (Lipinski definition) is 0. The van der Waals surface area contributed by atoms with Crippen LogP contribution in [-0.2, 0) is 29.2 Å². The van der Waals surface area contributed by atoms with Crippen molar-refractivity contribution in [1.29, 1.82) is 0 Å². The predicted molar refractivity (Wildman–Crippen MR) is 242 cm³/mol. The molecule has 0 aliphatic carbocycles. The van der Waals surface area contributed by atoms with Gasteiger partial charge in [0.1, 0.15) is 0 Å². The summed E-state index contributed by atoms with van der Waals surface area (Å²) in [5.41, 5.74) is 0. The summed E-state index contributed by atoms with van der Waals surface area (Å²) in [7, 11) is -9.20. The normalized spacial score (nSPS) is 13.2. The molecule has 0 N–H and O–H groups in total. The third kappa shape index (κ3) is 56.5. The number of allylic oxidation sites excluding steroid dienone is 2. The Morgan fingerprint density at radius 1 is 0.386 bits per heavy atom. The SMILES string of the molecule is CCCCCCC/C=C/C(CCCCCCCCCCCC)COS(=O)(=O)[O-].CCCCCCC/C=C/C(CCCCCCCCCCCC)COS(=O)(=O)[O-].[Ca+2]. The molecule has 2 unspecified atom stereocenters. The Labute approximate surface area is 385 Å². The van der Waals surface area contributed by atoms with Crippen LogP contribution in [0.25, 0.3) is 0 Å². The van der Waals surface area contributed by atoms with E-state index >= 15 is 0 Å². The summed E-state index contributed by atoms with van der Waals surface area (Å²) in [6.45, 7) is 8.87. The van der Waals surface area contributed by atoms with E-state index in [1.807, 2.05) is 0 Å². The van der Waals surface area contributed by atoms with E-state index in [2.05, 4.69) is 60.4 Å². The van der Waals surface area contributed by atoms with Gasteiger partial charge in [-0.15, -0.1) is 0 Å². The number of unbranched alkanes of at least 4 members (excludes halogenated alkanes) is 28. The first-order chi connectivity index (χ1) is 27.0. The average molecular weight is 875 g/mol. The Balaban J connectivity index is -0.00000101. The van der Waals surface area contributed by atoms with E-state index in [0.717, 1.165) is 38.5 Å². The summed E-state index contributed by atoms with van der Waals surface area (Å²) in [6.07, 6.45) is 50.3. The Kier molecular flexibility index (Phi) is 51.5. The smallest absolute Gasteiger partial charge is 0.726 e. The van der Waals surface area contributed by atoms with Crippen LogP contribution < -0.4 is 0 Å². The molecule has 0 saturated carbocycles. The second-order valence-electron chi connectivity index (χ2n) is 16.1. The van der Waals surface area contributed by atoms with Crippen LogP contribution in [0.3, 0.4) is 0 Å². The maximum atomic E-state index is 10.8.